The van der Waals surface area contributed by atoms with Gasteiger partial charge in [0.25, 0.3) is 0 Å². The predicted octanol–water partition coefficient (Wildman–Crippen LogP) is 5.30. The highest BCUT2D eigenvalue weighted by Gasteiger charge is 2.17. The molecule has 18 heavy (non-hydrogen) atoms. The molecule has 0 atom stereocenters. The lowest BCUT2D eigenvalue weighted by atomic mass is 9.93. The fourth-order valence-electron chi connectivity index (χ4n) is 2.63. The first kappa shape index (κ1) is 11.7. The molecule has 3 rings (SSSR count). The smallest absolute Gasteiger partial charge is 0.0259 e. The number of hydrogen-bond donors (Lipinski definition) is 0. The van der Waals surface area contributed by atoms with Gasteiger partial charge in [-0.2, -0.15) is 0 Å². The maximum atomic E-state index is 3.73. The van der Waals surface area contributed by atoms with Crippen molar-refractivity contribution in [2.75, 3.05) is 0 Å². The van der Waals surface area contributed by atoms with Crippen LogP contribution >= 0.6 is 15.9 Å². The van der Waals surface area contributed by atoms with Crippen molar-refractivity contribution in [2.24, 2.45) is 0 Å². The molecule has 0 aromatic heterocycles. The maximum absolute atomic E-state index is 3.73. The zero-order valence-corrected chi connectivity index (χ0v) is 12.2. The van der Waals surface area contributed by atoms with Crippen LogP contribution < -0.4 is 0 Å². The summed E-state index contributed by atoms with van der Waals surface area (Å²) in [6, 6.07) is 11.0. The Bertz CT molecular complexity index is 634. The molecule has 90 valence electrons. The lowest BCUT2D eigenvalue weighted by Gasteiger charge is -2.14. The molecule has 0 radical (unpaired) electrons. The summed E-state index contributed by atoms with van der Waals surface area (Å²) in [5.41, 5.74) is 8.14. The number of rotatable bonds is 1. The van der Waals surface area contributed by atoms with E-state index in [2.05, 4.69) is 72.3 Å². The van der Waals surface area contributed by atoms with Gasteiger partial charge in [-0.15, -0.1) is 0 Å². The maximum Gasteiger partial charge on any atom is 0.0259 e. The first-order chi connectivity index (χ1) is 8.66. The Labute approximate surface area is 116 Å². The molecule has 2 aromatic rings. The highest BCUT2D eigenvalue weighted by Crippen LogP contribution is 2.38. The van der Waals surface area contributed by atoms with E-state index in [1.807, 2.05) is 0 Å². The SMILES string of the molecule is Cc1ccc(-c2c(Br)cc(C)c3c2CC=C3)cc1. The zero-order valence-electron chi connectivity index (χ0n) is 10.6. The third-order valence-electron chi connectivity index (χ3n) is 3.58. The average molecular weight is 299 g/mol. The lowest BCUT2D eigenvalue weighted by molar-refractivity contribution is 1.27. The second kappa shape index (κ2) is 4.40. The molecule has 0 N–H and O–H groups in total. The number of allylic oxidation sites excluding steroid dienone is 1. The number of hydrogen-bond acceptors (Lipinski definition) is 0. The predicted molar refractivity (Wildman–Crippen MR) is 81.8 cm³/mol. The highest BCUT2D eigenvalue weighted by molar-refractivity contribution is 9.10. The molecule has 0 bridgehead atoms. The Kier molecular flexibility index (Phi) is 2.87. The first-order valence-electron chi connectivity index (χ1n) is 6.22. The standard InChI is InChI=1S/C17H15Br/c1-11-6-8-13(9-7-11)17-15-5-3-4-14(15)12(2)10-16(17)18/h3-4,6-10H,5H2,1-2H3. The fraction of sp³-hybridized carbons (Fsp3) is 0.176. The molecule has 0 unspecified atom stereocenters. The van der Waals surface area contributed by atoms with E-state index in [1.54, 1.807) is 0 Å². The second-order valence-corrected chi connectivity index (χ2v) is 5.77. The summed E-state index contributed by atoms with van der Waals surface area (Å²) >= 11 is 3.73. The molecule has 2 aromatic carbocycles. The summed E-state index contributed by atoms with van der Waals surface area (Å²) in [6.45, 7) is 4.30. The molecule has 0 saturated heterocycles. The molecule has 0 aliphatic heterocycles. The average Bonchev–Trinajstić information content (AvgIpc) is 2.81. The Hall–Kier alpha value is -1.34. The molecular formula is C17H15Br. The van der Waals surface area contributed by atoms with Crippen LogP contribution in [0.1, 0.15) is 22.3 Å². The van der Waals surface area contributed by atoms with Crippen molar-refractivity contribution in [1.82, 2.24) is 0 Å². The van der Waals surface area contributed by atoms with Gasteiger partial charge in [-0.1, -0.05) is 57.9 Å². The van der Waals surface area contributed by atoms with Crippen LogP contribution in [-0.2, 0) is 6.42 Å². The van der Waals surface area contributed by atoms with Gasteiger partial charge in [-0.05, 0) is 54.2 Å². The number of benzene rings is 2. The molecular weight excluding hydrogens is 284 g/mol. The van der Waals surface area contributed by atoms with Gasteiger partial charge in [0.05, 0.1) is 0 Å². The van der Waals surface area contributed by atoms with Gasteiger partial charge in [0.15, 0.2) is 0 Å². The van der Waals surface area contributed by atoms with E-state index in [1.165, 1.54) is 37.9 Å². The van der Waals surface area contributed by atoms with E-state index in [0.29, 0.717) is 0 Å². The van der Waals surface area contributed by atoms with Gasteiger partial charge in [0.1, 0.15) is 0 Å². The summed E-state index contributed by atoms with van der Waals surface area (Å²) in [4.78, 5) is 0. The third-order valence-corrected chi connectivity index (χ3v) is 4.21. The van der Waals surface area contributed by atoms with E-state index >= 15 is 0 Å². The van der Waals surface area contributed by atoms with Crippen LogP contribution in [-0.4, -0.2) is 0 Å². The molecule has 0 spiro atoms. The van der Waals surface area contributed by atoms with E-state index < -0.39 is 0 Å². The minimum atomic E-state index is 1.04. The molecule has 0 fully saturated rings. The van der Waals surface area contributed by atoms with Crippen molar-refractivity contribution >= 4 is 22.0 Å². The number of fused-ring (bicyclic) bond motifs is 1. The van der Waals surface area contributed by atoms with Crippen LogP contribution in [0, 0.1) is 13.8 Å². The molecule has 0 heterocycles. The first-order valence-corrected chi connectivity index (χ1v) is 7.01. The fourth-order valence-corrected chi connectivity index (χ4v) is 3.44. The monoisotopic (exact) mass is 298 g/mol. The molecule has 0 amide bonds. The van der Waals surface area contributed by atoms with Crippen molar-refractivity contribution in [3.63, 3.8) is 0 Å². The third kappa shape index (κ3) is 1.83. The highest BCUT2D eigenvalue weighted by atomic mass is 79.9. The Balaban J connectivity index is 2.25. The molecule has 0 nitrogen and oxygen atoms in total. The van der Waals surface area contributed by atoms with Crippen LogP contribution in [0.25, 0.3) is 17.2 Å². The van der Waals surface area contributed by atoms with Gasteiger partial charge in [0, 0.05) is 4.47 Å². The Morgan fingerprint density at radius 1 is 1.06 bits per heavy atom. The van der Waals surface area contributed by atoms with Crippen molar-refractivity contribution < 1.29 is 0 Å². The van der Waals surface area contributed by atoms with Gasteiger partial charge in [-0.3, -0.25) is 0 Å². The quantitative estimate of drug-likeness (QED) is 0.670. The summed E-state index contributed by atoms with van der Waals surface area (Å²) in [5, 5.41) is 0. The Morgan fingerprint density at radius 2 is 1.78 bits per heavy atom. The Morgan fingerprint density at radius 3 is 2.50 bits per heavy atom. The van der Waals surface area contributed by atoms with Gasteiger partial charge in [-0.25, -0.2) is 0 Å². The van der Waals surface area contributed by atoms with E-state index in [9.17, 15) is 0 Å². The zero-order chi connectivity index (χ0) is 12.7. The minimum Gasteiger partial charge on any atom is -0.0795 e. The summed E-state index contributed by atoms with van der Waals surface area (Å²) in [5.74, 6) is 0. The van der Waals surface area contributed by atoms with Gasteiger partial charge >= 0.3 is 0 Å². The minimum absolute atomic E-state index is 1.04. The summed E-state index contributed by atoms with van der Waals surface area (Å²) < 4.78 is 1.20. The topological polar surface area (TPSA) is 0 Å². The van der Waals surface area contributed by atoms with Crippen LogP contribution in [0.5, 0.6) is 0 Å². The molecule has 1 heteroatoms. The van der Waals surface area contributed by atoms with Crippen molar-refractivity contribution in [3.05, 3.63) is 63.1 Å². The number of halogens is 1. The summed E-state index contributed by atoms with van der Waals surface area (Å²) in [6.07, 6.45) is 5.54. The van der Waals surface area contributed by atoms with Crippen LogP contribution in [0.4, 0.5) is 0 Å². The van der Waals surface area contributed by atoms with Gasteiger partial charge < -0.3 is 0 Å². The lowest BCUT2D eigenvalue weighted by Crippen LogP contribution is -1.93. The van der Waals surface area contributed by atoms with Crippen molar-refractivity contribution in [1.29, 1.82) is 0 Å². The summed E-state index contributed by atoms with van der Waals surface area (Å²) in [7, 11) is 0. The normalized spacial score (nSPS) is 12.8. The van der Waals surface area contributed by atoms with Crippen LogP contribution in [0.3, 0.4) is 0 Å². The molecule has 1 aliphatic rings. The molecule has 1 aliphatic carbocycles. The van der Waals surface area contributed by atoms with Crippen molar-refractivity contribution in [3.8, 4) is 11.1 Å². The van der Waals surface area contributed by atoms with E-state index in [-0.39, 0.29) is 0 Å². The largest absolute Gasteiger partial charge is 0.0795 e. The van der Waals surface area contributed by atoms with E-state index in [0.717, 1.165) is 6.42 Å². The van der Waals surface area contributed by atoms with Crippen molar-refractivity contribution in [2.45, 2.75) is 20.3 Å². The second-order valence-electron chi connectivity index (χ2n) is 4.92. The molecule has 0 saturated carbocycles. The van der Waals surface area contributed by atoms with Crippen LogP contribution in [0.2, 0.25) is 0 Å². The van der Waals surface area contributed by atoms with Gasteiger partial charge in [0.2, 0.25) is 0 Å². The van der Waals surface area contributed by atoms with E-state index in [4.69, 9.17) is 0 Å². The number of aryl methyl sites for hydroxylation is 2. The van der Waals surface area contributed by atoms with Crippen LogP contribution in [0.15, 0.2) is 40.9 Å².